The zero-order valence-electron chi connectivity index (χ0n) is 11.5. The van der Waals surface area contributed by atoms with Crippen molar-refractivity contribution in [1.29, 1.82) is 10.5 Å². The van der Waals surface area contributed by atoms with E-state index in [1.54, 1.807) is 0 Å². The van der Waals surface area contributed by atoms with E-state index in [4.69, 9.17) is 0 Å². The van der Waals surface area contributed by atoms with E-state index < -0.39 is 0 Å². The molecule has 0 radical (unpaired) electrons. The van der Waals surface area contributed by atoms with Crippen LogP contribution in [0.4, 0.5) is 5.69 Å². The van der Waals surface area contributed by atoms with Crippen LogP contribution in [0.5, 0.6) is 0 Å². The molecule has 1 N–H and O–H groups in total. The van der Waals surface area contributed by atoms with Crippen LogP contribution in [0.2, 0.25) is 0 Å². The van der Waals surface area contributed by atoms with E-state index in [0.717, 1.165) is 27.0 Å². The second kappa shape index (κ2) is 5.89. The first kappa shape index (κ1) is 14.1. The lowest BCUT2D eigenvalue weighted by molar-refractivity contribution is 1.43. The second-order valence-electron chi connectivity index (χ2n) is 4.75. The molecule has 0 atom stereocenters. The maximum atomic E-state index is 9.21. The summed E-state index contributed by atoms with van der Waals surface area (Å²) < 4.78 is 0.999. The molecule has 2 aromatic carbocycles. The number of allylic oxidation sites excluding steroid dienone is 3. The van der Waals surface area contributed by atoms with Crippen molar-refractivity contribution in [2.75, 3.05) is 5.32 Å². The van der Waals surface area contributed by atoms with E-state index >= 15 is 0 Å². The highest BCUT2D eigenvalue weighted by Gasteiger charge is 2.18. The molecular weight excluding hydrogens is 338 g/mol. The number of para-hydroxylation sites is 1. The second-order valence-corrected chi connectivity index (χ2v) is 5.66. The Labute approximate surface area is 136 Å². The van der Waals surface area contributed by atoms with Crippen LogP contribution in [0.1, 0.15) is 11.1 Å². The average Bonchev–Trinajstić information content (AvgIpc) is 2.56. The van der Waals surface area contributed by atoms with Gasteiger partial charge in [-0.05, 0) is 29.8 Å². The van der Waals surface area contributed by atoms with E-state index in [9.17, 15) is 10.5 Å². The van der Waals surface area contributed by atoms with Gasteiger partial charge in [0.2, 0.25) is 0 Å². The fourth-order valence-electron chi connectivity index (χ4n) is 2.37. The molecule has 22 heavy (non-hydrogen) atoms. The van der Waals surface area contributed by atoms with Crippen molar-refractivity contribution in [3.63, 3.8) is 0 Å². The molecule has 0 bridgehead atoms. The quantitative estimate of drug-likeness (QED) is 0.759. The standard InChI is InChI=1S/C18H10BrN3/c19-14-7-5-12(6-8-14)18-9-16(13(10-20)11-21)15-3-1-2-4-17(15)22-18/h1-9,22H. The molecule has 0 spiro atoms. The van der Waals surface area contributed by atoms with Crippen LogP contribution in [-0.2, 0) is 0 Å². The lowest BCUT2D eigenvalue weighted by Gasteiger charge is -2.21. The number of anilines is 1. The predicted octanol–water partition coefficient (Wildman–Crippen LogP) is 4.72. The largest absolute Gasteiger partial charge is 0.355 e. The van der Waals surface area contributed by atoms with Crippen molar-refractivity contribution in [3.8, 4) is 12.1 Å². The van der Waals surface area contributed by atoms with Gasteiger partial charge in [0.05, 0.1) is 0 Å². The maximum Gasteiger partial charge on any atom is 0.137 e. The fraction of sp³-hybridized carbons (Fsp3) is 0. The van der Waals surface area contributed by atoms with Crippen LogP contribution in [0.15, 0.2) is 64.7 Å². The van der Waals surface area contributed by atoms with Crippen molar-refractivity contribution >= 4 is 32.9 Å². The Balaban J connectivity index is 2.20. The molecule has 0 saturated heterocycles. The highest BCUT2D eigenvalue weighted by molar-refractivity contribution is 9.10. The first-order chi connectivity index (χ1) is 10.7. The van der Waals surface area contributed by atoms with Crippen LogP contribution < -0.4 is 5.32 Å². The number of benzene rings is 2. The number of nitrogens with one attached hydrogen (secondary N) is 1. The lowest BCUT2D eigenvalue weighted by atomic mass is 9.93. The van der Waals surface area contributed by atoms with E-state index in [2.05, 4.69) is 21.2 Å². The first-order valence-corrected chi connectivity index (χ1v) is 7.41. The third-order valence-corrected chi connectivity index (χ3v) is 3.95. The van der Waals surface area contributed by atoms with E-state index in [0.29, 0.717) is 5.57 Å². The minimum absolute atomic E-state index is 0.114. The number of rotatable bonds is 1. The molecule has 3 rings (SSSR count). The zero-order valence-corrected chi connectivity index (χ0v) is 13.1. The number of fused-ring (bicyclic) bond motifs is 1. The molecule has 0 fully saturated rings. The fourth-order valence-corrected chi connectivity index (χ4v) is 2.63. The summed E-state index contributed by atoms with van der Waals surface area (Å²) in [6.45, 7) is 0. The smallest absolute Gasteiger partial charge is 0.137 e. The van der Waals surface area contributed by atoms with Crippen LogP contribution in [0.25, 0.3) is 11.3 Å². The van der Waals surface area contributed by atoms with Gasteiger partial charge in [0.25, 0.3) is 0 Å². The van der Waals surface area contributed by atoms with Crippen LogP contribution in [-0.4, -0.2) is 0 Å². The Bertz CT molecular complexity index is 862. The molecule has 0 aromatic heterocycles. The molecule has 0 saturated carbocycles. The molecule has 1 aliphatic heterocycles. The van der Waals surface area contributed by atoms with Crippen molar-refractivity contribution < 1.29 is 0 Å². The molecule has 3 nitrogen and oxygen atoms in total. The van der Waals surface area contributed by atoms with Gasteiger partial charge in [-0.2, -0.15) is 10.5 Å². The summed E-state index contributed by atoms with van der Waals surface area (Å²) in [5, 5.41) is 21.8. The van der Waals surface area contributed by atoms with Crippen molar-refractivity contribution in [1.82, 2.24) is 0 Å². The van der Waals surface area contributed by atoms with Gasteiger partial charge in [-0.25, -0.2) is 0 Å². The number of hydrogen-bond donors (Lipinski definition) is 1. The summed E-state index contributed by atoms with van der Waals surface area (Å²) in [4.78, 5) is 0. The topological polar surface area (TPSA) is 59.6 Å². The normalized spacial score (nSPS) is 12.3. The maximum absolute atomic E-state index is 9.21. The predicted molar refractivity (Wildman–Crippen MR) is 90.3 cm³/mol. The summed E-state index contributed by atoms with van der Waals surface area (Å²) in [5.74, 6) is 0. The van der Waals surface area contributed by atoms with Crippen molar-refractivity contribution in [2.45, 2.75) is 0 Å². The number of nitrogens with zero attached hydrogens (tertiary/aromatic N) is 2. The molecule has 4 heteroatoms. The van der Waals surface area contributed by atoms with Gasteiger partial charge in [0.15, 0.2) is 0 Å². The van der Waals surface area contributed by atoms with Crippen molar-refractivity contribution in [2.24, 2.45) is 0 Å². The van der Waals surface area contributed by atoms with Gasteiger partial charge in [0.1, 0.15) is 17.7 Å². The Kier molecular flexibility index (Phi) is 3.78. The van der Waals surface area contributed by atoms with Gasteiger partial charge in [0, 0.05) is 27.0 Å². The van der Waals surface area contributed by atoms with Gasteiger partial charge in [-0.3, -0.25) is 0 Å². The zero-order chi connectivity index (χ0) is 15.5. The van der Waals surface area contributed by atoms with E-state index in [1.807, 2.05) is 66.7 Å². The summed E-state index contributed by atoms with van der Waals surface area (Å²) in [6.07, 6.45) is 1.85. The SMILES string of the molecule is N#CC(C#N)=C1C=C(c2ccc(Br)cc2)Nc2ccccc21. The highest BCUT2D eigenvalue weighted by Crippen LogP contribution is 2.36. The van der Waals surface area contributed by atoms with Gasteiger partial charge < -0.3 is 5.32 Å². The molecule has 104 valence electrons. The highest BCUT2D eigenvalue weighted by atomic mass is 79.9. The average molecular weight is 348 g/mol. The monoisotopic (exact) mass is 347 g/mol. The molecule has 1 aliphatic rings. The summed E-state index contributed by atoms with van der Waals surface area (Å²) in [6, 6.07) is 19.5. The Morgan fingerprint density at radius 1 is 0.955 bits per heavy atom. The Morgan fingerprint density at radius 2 is 1.64 bits per heavy atom. The summed E-state index contributed by atoms with van der Waals surface area (Å²) >= 11 is 3.42. The Hall–Kier alpha value is -2.82. The third kappa shape index (κ3) is 2.53. The minimum Gasteiger partial charge on any atom is -0.355 e. The van der Waals surface area contributed by atoms with Gasteiger partial charge >= 0.3 is 0 Å². The van der Waals surface area contributed by atoms with Gasteiger partial charge in [-0.15, -0.1) is 0 Å². The lowest BCUT2D eigenvalue weighted by Crippen LogP contribution is -2.07. The first-order valence-electron chi connectivity index (χ1n) is 6.61. The van der Waals surface area contributed by atoms with E-state index in [1.165, 1.54) is 0 Å². The third-order valence-electron chi connectivity index (χ3n) is 3.42. The molecule has 1 heterocycles. The molecule has 2 aromatic rings. The van der Waals surface area contributed by atoms with Gasteiger partial charge in [-0.1, -0.05) is 46.3 Å². The number of hydrogen-bond acceptors (Lipinski definition) is 3. The molecule has 0 unspecified atom stereocenters. The molecular formula is C18H10BrN3. The minimum atomic E-state index is 0.114. The van der Waals surface area contributed by atoms with Crippen LogP contribution in [0, 0.1) is 22.7 Å². The van der Waals surface area contributed by atoms with E-state index in [-0.39, 0.29) is 5.57 Å². The molecule has 0 amide bonds. The summed E-state index contributed by atoms with van der Waals surface area (Å²) in [5.41, 5.74) is 4.37. The number of halogens is 1. The van der Waals surface area contributed by atoms with Crippen LogP contribution >= 0.6 is 15.9 Å². The Morgan fingerprint density at radius 3 is 2.32 bits per heavy atom. The molecule has 0 aliphatic carbocycles. The van der Waals surface area contributed by atoms with Crippen LogP contribution in [0.3, 0.4) is 0 Å². The number of nitriles is 2. The summed E-state index contributed by atoms with van der Waals surface area (Å²) in [7, 11) is 0. The van der Waals surface area contributed by atoms with Crippen molar-refractivity contribution in [3.05, 3.63) is 75.8 Å².